The van der Waals surface area contributed by atoms with Crippen molar-refractivity contribution in [3.63, 3.8) is 0 Å². The molecule has 3 heteroatoms. The first-order valence-corrected chi connectivity index (χ1v) is 9.96. The molecular weight excluding hydrogens is 320 g/mol. The first kappa shape index (κ1) is 17.4. The van der Waals surface area contributed by atoms with Gasteiger partial charge in [0.1, 0.15) is 12.4 Å². The summed E-state index contributed by atoms with van der Waals surface area (Å²) in [5, 5.41) is 1.36. The number of aromatic nitrogens is 1. The van der Waals surface area contributed by atoms with E-state index in [1.807, 2.05) is 0 Å². The van der Waals surface area contributed by atoms with Crippen molar-refractivity contribution in [3.05, 3.63) is 52.4 Å². The lowest BCUT2D eigenvalue weighted by Gasteiger charge is -2.26. The number of aromatic amines is 1. The van der Waals surface area contributed by atoms with Gasteiger partial charge in [-0.2, -0.15) is 0 Å². The number of nitrogens with one attached hydrogen (secondary N) is 1. The van der Waals surface area contributed by atoms with Crippen molar-refractivity contribution in [3.8, 4) is 0 Å². The smallest absolute Gasteiger partial charge is 0.109 e. The van der Waals surface area contributed by atoms with E-state index in [1.165, 1.54) is 77.6 Å². The van der Waals surface area contributed by atoms with Gasteiger partial charge in [-0.05, 0) is 87.5 Å². The molecule has 26 heavy (non-hydrogen) atoms. The number of likely N-dealkylation sites (tertiary alicyclic amines) is 1. The number of rotatable bonds is 4. The van der Waals surface area contributed by atoms with E-state index >= 15 is 0 Å². The average molecular weight is 351 g/mol. The molecular formula is C23H30N2O. The maximum absolute atomic E-state index is 5.89. The molecule has 2 aliphatic rings. The predicted octanol–water partition coefficient (Wildman–Crippen LogP) is 5.29. The minimum atomic E-state index is 0.717. The molecule has 0 radical (unpaired) electrons. The van der Waals surface area contributed by atoms with Crippen molar-refractivity contribution in [1.29, 1.82) is 0 Å². The van der Waals surface area contributed by atoms with Crippen LogP contribution in [0, 0.1) is 0 Å². The van der Waals surface area contributed by atoms with Crippen molar-refractivity contribution >= 4 is 16.5 Å². The molecule has 1 fully saturated rings. The molecule has 0 aliphatic carbocycles. The largest absolute Gasteiger partial charge is 0.493 e. The van der Waals surface area contributed by atoms with E-state index in [4.69, 9.17) is 4.74 Å². The summed E-state index contributed by atoms with van der Waals surface area (Å²) >= 11 is 0. The van der Waals surface area contributed by atoms with Crippen LogP contribution in [0.1, 0.15) is 51.2 Å². The molecule has 1 aromatic heterocycles. The lowest BCUT2D eigenvalue weighted by Crippen LogP contribution is -2.31. The van der Waals surface area contributed by atoms with Gasteiger partial charge in [0.05, 0.1) is 0 Å². The Bertz CT molecular complexity index is 865. The van der Waals surface area contributed by atoms with Crippen LogP contribution in [0.5, 0.6) is 0 Å². The molecule has 1 saturated heterocycles. The molecule has 2 aliphatic heterocycles. The molecule has 138 valence electrons. The van der Waals surface area contributed by atoms with E-state index in [1.54, 1.807) is 0 Å². The van der Waals surface area contributed by atoms with E-state index in [-0.39, 0.29) is 0 Å². The molecule has 0 spiro atoms. The summed E-state index contributed by atoms with van der Waals surface area (Å²) in [4.78, 5) is 6.07. The molecule has 2 aromatic rings. The highest BCUT2D eigenvalue weighted by Gasteiger charge is 2.18. The van der Waals surface area contributed by atoms with Crippen LogP contribution in [-0.4, -0.2) is 36.1 Å². The van der Waals surface area contributed by atoms with Crippen molar-refractivity contribution in [2.24, 2.45) is 0 Å². The first-order chi connectivity index (χ1) is 12.6. The molecule has 3 nitrogen and oxygen atoms in total. The standard InChI is InChI=1S/C23H30N2O/c1-16-15-26-18(3)23(17(16)2)19-7-8-22-21(13-19)20(14-24-22)9-12-25-10-5-4-6-11-25/h7-8,13-14,24H,4-6,9-12,15H2,1-3H3. The Hall–Kier alpha value is -2.00. The Kier molecular flexibility index (Phi) is 4.90. The topological polar surface area (TPSA) is 28.3 Å². The Balaban J connectivity index is 1.62. The van der Waals surface area contributed by atoms with Crippen LogP contribution in [0.3, 0.4) is 0 Å². The second-order valence-electron chi connectivity index (χ2n) is 7.85. The number of ether oxygens (including phenoxy) is 1. The maximum atomic E-state index is 5.89. The molecule has 0 atom stereocenters. The van der Waals surface area contributed by atoms with E-state index < -0.39 is 0 Å². The molecule has 0 bridgehead atoms. The number of allylic oxidation sites excluding steroid dienone is 3. The minimum absolute atomic E-state index is 0.717. The number of hydrogen-bond acceptors (Lipinski definition) is 2. The van der Waals surface area contributed by atoms with E-state index in [0.717, 1.165) is 12.2 Å². The second kappa shape index (κ2) is 7.32. The third kappa shape index (κ3) is 3.33. The predicted molar refractivity (Wildman–Crippen MR) is 109 cm³/mol. The van der Waals surface area contributed by atoms with Crippen LogP contribution < -0.4 is 0 Å². The van der Waals surface area contributed by atoms with Gasteiger partial charge < -0.3 is 14.6 Å². The van der Waals surface area contributed by atoms with Crippen molar-refractivity contribution in [1.82, 2.24) is 9.88 Å². The van der Waals surface area contributed by atoms with Crippen LogP contribution in [0.15, 0.2) is 41.3 Å². The molecule has 1 N–H and O–H groups in total. The Labute approximate surface area is 156 Å². The third-order valence-electron chi connectivity index (χ3n) is 6.07. The summed E-state index contributed by atoms with van der Waals surface area (Å²) in [6.07, 6.45) is 7.43. The molecule has 1 aromatic carbocycles. The van der Waals surface area contributed by atoms with Gasteiger partial charge >= 0.3 is 0 Å². The van der Waals surface area contributed by atoms with Crippen molar-refractivity contribution < 1.29 is 4.74 Å². The zero-order chi connectivity index (χ0) is 18.1. The summed E-state index contributed by atoms with van der Waals surface area (Å²) < 4.78 is 5.89. The Morgan fingerprint density at radius 1 is 1.08 bits per heavy atom. The number of H-pyrrole nitrogens is 1. The summed E-state index contributed by atoms with van der Waals surface area (Å²) in [5.41, 5.74) is 7.88. The second-order valence-corrected chi connectivity index (χ2v) is 7.85. The minimum Gasteiger partial charge on any atom is -0.493 e. The van der Waals surface area contributed by atoms with Gasteiger partial charge in [0, 0.05) is 29.2 Å². The number of benzene rings is 1. The highest BCUT2D eigenvalue weighted by molar-refractivity contribution is 5.90. The van der Waals surface area contributed by atoms with Gasteiger partial charge in [0.2, 0.25) is 0 Å². The highest BCUT2D eigenvalue weighted by atomic mass is 16.5. The van der Waals surface area contributed by atoms with Crippen LogP contribution in [0.4, 0.5) is 0 Å². The summed E-state index contributed by atoms with van der Waals surface area (Å²) in [6.45, 7) is 10.9. The monoisotopic (exact) mass is 350 g/mol. The van der Waals surface area contributed by atoms with Gasteiger partial charge in [-0.1, -0.05) is 12.5 Å². The fourth-order valence-corrected chi connectivity index (χ4v) is 4.30. The van der Waals surface area contributed by atoms with Crippen LogP contribution in [0.2, 0.25) is 0 Å². The van der Waals surface area contributed by atoms with E-state index in [0.29, 0.717) is 6.61 Å². The molecule has 3 heterocycles. The van der Waals surface area contributed by atoms with E-state index in [9.17, 15) is 0 Å². The summed E-state index contributed by atoms with van der Waals surface area (Å²) in [6, 6.07) is 6.78. The fourth-order valence-electron chi connectivity index (χ4n) is 4.30. The van der Waals surface area contributed by atoms with Gasteiger partial charge in [-0.15, -0.1) is 0 Å². The number of piperidine rings is 1. The van der Waals surface area contributed by atoms with Gasteiger partial charge in [-0.3, -0.25) is 0 Å². The number of hydrogen-bond donors (Lipinski definition) is 1. The summed E-state index contributed by atoms with van der Waals surface area (Å²) in [7, 11) is 0. The zero-order valence-corrected chi connectivity index (χ0v) is 16.3. The maximum Gasteiger partial charge on any atom is 0.109 e. The molecule has 0 amide bonds. The number of nitrogens with zero attached hydrogens (tertiary/aromatic N) is 1. The van der Waals surface area contributed by atoms with Crippen molar-refractivity contribution in [2.45, 2.75) is 46.5 Å². The molecule has 0 saturated carbocycles. The quantitative estimate of drug-likeness (QED) is 0.811. The lowest BCUT2D eigenvalue weighted by atomic mass is 9.92. The van der Waals surface area contributed by atoms with Gasteiger partial charge in [0.15, 0.2) is 0 Å². The molecule has 0 unspecified atom stereocenters. The van der Waals surface area contributed by atoms with Crippen LogP contribution >= 0.6 is 0 Å². The van der Waals surface area contributed by atoms with Gasteiger partial charge in [0.25, 0.3) is 0 Å². The first-order valence-electron chi connectivity index (χ1n) is 9.96. The Morgan fingerprint density at radius 2 is 1.88 bits per heavy atom. The average Bonchev–Trinajstić information content (AvgIpc) is 3.07. The third-order valence-corrected chi connectivity index (χ3v) is 6.07. The van der Waals surface area contributed by atoms with Crippen molar-refractivity contribution in [2.75, 3.05) is 26.2 Å². The SMILES string of the molecule is CC1=C(C)C(c2ccc3[nH]cc(CCN4CCCCC4)c3c2)=C(C)OC1. The fraction of sp³-hybridized carbons (Fsp3) is 0.478. The Morgan fingerprint density at radius 3 is 2.69 bits per heavy atom. The van der Waals surface area contributed by atoms with Gasteiger partial charge in [-0.25, -0.2) is 0 Å². The summed E-state index contributed by atoms with van der Waals surface area (Å²) in [5.74, 6) is 1.04. The highest BCUT2D eigenvalue weighted by Crippen LogP contribution is 2.34. The van der Waals surface area contributed by atoms with Crippen LogP contribution in [0.25, 0.3) is 16.5 Å². The normalized spacial score (nSPS) is 19.3. The zero-order valence-electron chi connectivity index (χ0n) is 16.3. The van der Waals surface area contributed by atoms with Crippen LogP contribution in [-0.2, 0) is 11.2 Å². The number of fused-ring (bicyclic) bond motifs is 1. The lowest BCUT2D eigenvalue weighted by molar-refractivity contribution is 0.231. The molecule has 4 rings (SSSR count). The van der Waals surface area contributed by atoms with E-state index in [2.05, 4.69) is 55.1 Å².